The molecular formula is C6H10NO. The average Bonchev–Trinajstić information content (AvgIpc) is 1.90. The molecule has 0 unspecified atom stereocenters. The summed E-state index contributed by atoms with van der Waals surface area (Å²) in [6, 6.07) is 0. The molecule has 45 valence electrons. The molecule has 2 heteroatoms. The Bertz CT molecular complexity index is 90.7. The fourth-order valence-corrected chi connectivity index (χ4v) is 0.912. The molecule has 0 spiro atoms. The highest BCUT2D eigenvalue weighted by atomic mass is 16.4. The van der Waals surface area contributed by atoms with Crippen molar-refractivity contribution in [1.29, 1.82) is 0 Å². The van der Waals surface area contributed by atoms with Gasteiger partial charge in [0.15, 0.2) is 0 Å². The normalized spacial score (nSPS) is 26.2. The van der Waals surface area contributed by atoms with E-state index in [-0.39, 0.29) is 0 Å². The highest BCUT2D eigenvalue weighted by Crippen LogP contribution is 2.12. The van der Waals surface area contributed by atoms with Crippen LogP contribution in [0.2, 0.25) is 0 Å². The van der Waals surface area contributed by atoms with Crippen molar-refractivity contribution in [3.8, 4) is 0 Å². The van der Waals surface area contributed by atoms with E-state index in [4.69, 9.17) is 5.21 Å². The van der Waals surface area contributed by atoms with Gasteiger partial charge in [-0.3, -0.25) is 0 Å². The summed E-state index contributed by atoms with van der Waals surface area (Å²) < 4.78 is 0. The maximum atomic E-state index is 8.25. The summed E-state index contributed by atoms with van der Waals surface area (Å²) >= 11 is 0. The van der Waals surface area contributed by atoms with E-state index in [1.807, 2.05) is 6.42 Å². The van der Waals surface area contributed by atoms with E-state index in [9.17, 15) is 0 Å². The zero-order valence-corrected chi connectivity index (χ0v) is 4.80. The number of hydrogen-bond donors (Lipinski definition) is 1. The second-order valence-electron chi connectivity index (χ2n) is 2.04. The Morgan fingerprint density at radius 1 is 1.50 bits per heavy atom. The number of nitrogens with zero attached hydrogens (tertiary/aromatic N) is 1. The molecule has 1 saturated carbocycles. The molecule has 1 N–H and O–H groups in total. The van der Waals surface area contributed by atoms with Crippen LogP contribution in [-0.2, 0) is 0 Å². The van der Waals surface area contributed by atoms with E-state index in [0.717, 1.165) is 18.6 Å². The van der Waals surface area contributed by atoms with Gasteiger partial charge >= 0.3 is 0 Å². The molecule has 0 amide bonds. The lowest BCUT2D eigenvalue weighted by atomic mass is 9.99. The highest BCUT2D eigenvalue weighted by molar-refractivity contribution is 5.92. The number of oxime groups is 1. The topological polar surface area (TPSA) is 32.6 Å². The highest BCUT2D eigenvalue weighted by Gasteiger charge is 2.05. The third-order valence-electron chi connectivity index (χ3n) is 1.40. The molecular weight excluding hydrogens is 102 g/mol. The smallest absolute Gasteiger partial charge is 0.0608 e. The number of hydrogen-bond acceptors (Lipinski definition) is 2. The van der Waals surface area contributed by atoms with Crippen molar-refractivity contribution in [3.05, 3.63) is 6.42 Å². The Morgan fingerprint density at radius 2 is 2.38 bits per heavy atom. The molecule has 8 heavy (non-hydrogen) atoms. The summed E-state index contributed by atoms with van der Waals surface area (Å²) in [5.74, 6) is 0. The molecule has 0 atom stereocenters. The first-order valence-electron chi connectivity index (χ1n) is 2.97. The lowest BCUT2D eigenvalue weighted by Gasteiger charge is -2.08. The van der Waals surface area contributed by atoms with Crippen LogP contribution in [0.5, 0.6) is 0 Å². The quantitative estimate of drug-likeness (QED) is 0.374. The zero-order chi connectivity index (χ0) is 5.82. The molecule has 0 heterocycles. The number of rotatable bonds is 0. The van der Waals surface area contributed by atoms with E-state index in [2.05, 4.69) is 5.16 Å². The van der Waals surface area contributed by atoms with Gasteiger partial charge in [-0.25, -0.2) is 0 Å². The van der Waals surface area contributed by atoms with Crippen LogP contribution < -0.4 is 0 Å². The lowest BCUT2D eigenvalue weighted by Crippen LogP contribution is -2.04. The van der Waals surface area contributed by atoms with Gasteiger partial charge in [0, 0.05) is 6.42 Å². The molecule has 0 aliphatic heterocycles. The molecule has 0 saturated heterocycles. The van der Waals surface area contributed by atoms with Gasteiger partial charge in [0.25, 0.3) is 0 Å². The van der Waals surface area contributed by atoms with Crippen molar-refractivity contribution in [2.75, 3.05) is 0 Å². The van der Waals surface area contributed by atoms with Crippen LogP contribution >= 0.6 is 0 Å². The van der Waals surface area contributed by atoms with Crippen molar-refractivity contribution in [3.63, 3.8) is 0 Å². The van der Waals surface area contributed by atoms with Crippen LogP contribution in [-0.4, -0.2) is 10.9 Å². The summed E-state index contributed by atoms with van der Waals surface area (Å²) in [6.07, 6.45) is 6.45. The monoisotopic (exact) mass is 112 g/mol. The van der Waals surface area contributed by atoms with E-state index in [1.54, 1.807) is 0 Å². The van der Waals surface area contributed by atoms with E-state index in [0.29, 0.717) is 0 Å². The van der Waals surface area contributed by atoms with Gasteiger partial charge in [0.05, 0.1) is 5.71 Å². The fourth-order valence-electron chi connectivity index (χ4n) is 0.912. The van der Waals surface area contributed by atoms with Gasteiger partial charge in [0.1, 0.15) is 0 Å². The molecule has 1 fully saturated rings. The van der Waals surface area contributed by atoms with Gasteiger partial charge in [0.2, 0.25) is 0 Å². The van der Waals surface area contributed by atoms with Crippen molar-refractivity contribution < 1.29 is 5.21 Å². The minimum atomic E-state index is 0.858. The molecule has 0 aromatic rings. The Kier molecular flexibility index (Phi) is 1.89. The van der Waals surface area contributed by atoms with Crippen LogP contribution in [0.3, 0.4) is 0 Å². The van der Waals surface area contributed by atoms with Crippen LogP contribution in [0.4, 0.5) is 0 Å². The summed E-state index contributed by atoms with van der Waals surface area (Å²) in [6.45, 7) is 0. The molecule has 0 aromatic heterocycles. The minimum Gasteiger partial charge on any atom is -0.411 e. The Hall–Kier alpha value is -0.530. The summed E-state index contributed by atoms with van der Waals surface area (Å²) in [5.41, 5.74) is 0.858. The van der Waals surface area contributed by atoms with Gasteiger partial charge in [-0.1, -0.05) is 11.6 Å². The molecule has 1 rings (SSSR count). The van der Waals surface area contributed by atoms with Gasteiger partial charge in [-0.05, 0) is 19.3 Å². The van der Waals surface area contributed by atoms with Crippen molar-refractivity contribution >= 4 is 5.71 Å². The van der Waals surface area contributed by atoms with Crippen molar-refractivity contribution in [2.45, 2.75) is 25.7 Å². The van der Waals surface area contributed by atoms with Crippen molar-refractivity contribution in [1.82, 2.24) is 0 Å². The van der Waals surface area contributed by atoms with Gasteiger partial charge in [-0.15, -0.1) is 0 Å². The Labute approximate surface area is 49.2 Å². The maximum absolute atomic E-state index is 8.25. The molecule has 0 aromatic carbocycles. The van der Waals surface area contributed by atoms with E-state index in [1.165, 1.54) is 12.8 Å². The third-order valence-corrected chi connectivity index (χ3v) is 1.40. The van der Waals surface area contributed by atoms with E-state index < -0.39 is 0 Å². The molecule has 2 nitrogen and oxygen atoms in total. The SMILES string of the molecule is O/N=C1\[CH]CCCC1. The largest absolute Gasteiger partial charge is 0.411 e. The first-order chi connectivity index (χ1) is 3.93. The molecule has 1 aliphatic rings. The van der Waals surface area contributed by atoms with Crippen LogP contribution in [0.25, 0.3) is 0 Å². The molecule has 1 aliphatic carbocycles. The maximum Gasteiger partial charge on any atom is 0.0608 e. The Morgan fingerprint density at radius 3 is 2.75 bits per heavy atom. The predicted molar refractivity (Wildman–Crippen MR) is 32.0 cm³/mol. The molecule has 1 radical (unpaired) electrons. The standard InChI is InChI=1S/C6H10NO/c8-7-6-4-2-1-3-5-6/h4,8H,1-3,5H2/b7-6+. The second kappa shape index (κ2) is 2.70. The minimum absolute atomic E-state index is 0.858. The van der Waals surface area contributed by atoms with Gasteiger partial charge < -0.3 is 5.21 Å². The first kappa shape index (κ1) is 5.60. The molecule has 0 bridgehead atoms. The first-order valence-corrected chi connectivity index (χ1v) is 2.97. The Balaban J connectivity index is 2.33. The van der Waals surface area contributed by atoms with Crippen LogP contribution in [0.1, 0.15) is 25.7 Å². The second-order valence-corrected chi connectivity index (χ2v) is 2.04. The van der Waals surface area contributed by atoms with Crippen LogP contribution in [0.15, 0.2) is 5.16 Å². The average molecular weight is 112 g/mol. The van der Waals surface area contributed by atoms with Crippen molar-refractivity contribution in [2.24, 2.45) is 5.16 Å². The summed E-state index contributed by atoms with van der Waals surface area (Å²) in [7, 11) is 0. The van der Waals surface area contributed by atoms with Gasteiger partial charge in [-0.2, -0.15) is 0 Å². The third kappa shape index (κ3) is 1.22. The lowest BCUT2D eigenvalue weighted by molar-refractivity contribution is 0.316. The van der Waals surface area contributed by atoms with E-state index >= 15 is 0 Å². The van der Waals surface area contributed by atoms with Crippen LogP contribution in [0, 0.1) is 6.42 Å². The zero-order valence-electron chi connectivity index (χ0n) is 4.80. The predicted octanol–water partition coefficient (Wildman–Crippen LogP) is 1.59. The summed E-state index contributed by atoms with van der Waals surface area (Å²) in [4.78, 5) is 0. The summed E-state index contributed by atoms with van der Waals surface area (Å²) in [5, 5.41) is 11.4. The fraction of sp³-hybridized carbons (Fsp3) is 0.667.